The van der Waals surface area contributed by atoms with Gasteiger partial charge in [0.2, 0.25) is 0 Å². The molecule has 0 spiro atoms. The van der Waals surface area contributed by atoms with E-state index >= 15 is 0 Å². The zero-order chi connectivity index (χ0) is 25.7. The molecular weight excluding hydrogens is 475 g/mol. The quantitative estimate of drug-likeness (QED) is 0.409. The van der Waals surface area contributed by atoms with Crippen LogP contribution in [0.3, 0.4) is 0 Å². The van der Waals surface area contributed by atoms with Crippen LogP contribution in [0.15, 0.2) is 60.9 Å². The third-order valence-corrected chi connectivity index (χ3v) is 6.23. The minimum atomic E-state index is -4.45. The second-order valence-electron chi connectivity index (χ2n) is 8.77. The average molecular weight is 502 g/mol. The van der Waals surface area contributed by atoms with Gasteiger partial charge in [-0.1, -0.05) is 25.0 Å². The highest BCUT2D eigenvalue weighted by molar-refractivity contribution is 5.94. The number of carboxylic acids is 1. The zero-order valence-electron chi connectivity index (χ0n) is 19.4. The minimum Gasteiger partial charge on any atom is -0.485 e. The Morgan fingerprint density at radius 2 is 1.75 bits per heavy atom. The molecule has 7 nitrogen and oxygen atoms in total. The van der Waals surface area contributed by atoms with Crippen LogP contribution >= 0.6 is 0 Å². The number of hydrogen-bond acceptors (Lipinski definition) is 4. The van der Waals surface area contributed by atoms with Crippen molar-refractivity contribution in [2.45, 2.75) is 44.4 Å². The van der Waals surface area contributed by atoms with Gasteiger partial charge in [-0.2, -0.15) is 18.3 Å². The molecule has 1 heterocycles. The third-order valence-electron chi connectivity index (χ3n) is 6.23. The molecule has 1 amide bonds. The maximum absolute atomic E-state index is 12.9. The van der Waals surface area contributed by atoms with Gasteiger partial charge >= 0.3 is 12.1 Å². The largest absolute Gasteiger partial charge is 0.485 e. The number of ether oxygens (including phenoxy) is 1. The predicted molar refractivity (Wildman–Crippen MR) is 125 cm³/mol. The SMILES string of the molecule is O=C(O)CCNC(=O)c1ccc([C@H](Oc2ccc(-n3cc(C(F)(F)F)cn3)cc2)C2CCCC2)cc1. The van der Waals surface area contributed by atoms with E-state index in [1.54, 1.807) is 36.4 Å². The van der Waals surface area contributed by atoms with Crippen molar-refractivity contribution in [1.29, 1.82) is 0 Å². The Morgan fingerprint density at radius 1 is 1.08 bits per heavy atom. The van der Waals surface area contributed by atoms with Gasteiger partial charge in [0.1, 0.15) is 11.9 Å². The monoisotopic (exact) mass is 501 g/mol. The van der Waals surface area contributed by atoms with E-state index in [9.17, 15) is 22.8 Å². The summed E-state index contributed by atoms with van der Waals surface area (Å²) in [6, 6.07) is 13.8. The van der Waals surface area contributed by atoms with E-state index in [4.69, 9.17) is 9.84 Å². The molecule has 190 valence electrons. The summed E-state index contributed by atoms with van der Waals surface area (Å²) in [5.41, 5.74) is 1.00. The van der Waals surface area contributed by atoms with Gasteiger partial charge in [0.15, 0.2) is 0 Å². The third kappa shape index (κ3) is 6.24. The fraction of sp³-hybridized carbons (Fsp3) is 0.346. The van der Waals surface area contributed by atoms with Crippen molar-refractivity contribution < 1.29 is 32.6 Å². The van der Waals surface area contributed by atoms with Gasteiger partial charge in [-0.05, 0) is 54.8 Å². The number of nitrogens with one attached hydrogen (secondary N) is 1. The number of nitrogens with zero attached hydrogens (tertiary/aromatic N) is 2. The number of carboxylic acid groups (broad SMARTS) is 1. The van der Waals surface area contributed by atoms with Crippen molar-refractivity contribution in [1.82, 2.24) is 15.1 Å². The van der Waals surface area contributed by atoms with E-state index in [2.05, 4.69) is 10.4 Å². The summed E-state index contributed by atoms with van der Waals surface area (Å²) in [5.74, 6) is -0.454. The number of benzene rings is 2. The van der Waals surface area contributed by atoms with E-state index in [0.717, 1.165) is 43.6 Å². The zero-order valence-corrected chi connectivity index (χ0v) is 19.4. The van der Waals surface area contributed by atoms with Gasteiger partial charge < -0.3 is 15.2 Å². The molecule has 1 atom stereocenters. The average Bonchev–Trinajstić information content (AvgIpc) is 3.55. The van der Waals surface area contributed by atoms with Gasteiger partial charge in [-0.3, -0.25) is 9.59 Å². The molecule has 0 radical (unpaired) electrons. The molecule has 1 aromatic heterocycles. The van der Waals surface area contributed by atoms with E-state index in [-0.39, 0.29) is 25.0 Å². The number of carbonyl (C=O) groups is 2. The summed E-state index contributed by atoms with van der Waals surface area (Å²) in [7, 11) is 0. The van der Waals surface area contributed by atoms with E-state index in [0.29, 0.717) is 22.9 Å². The molecule has 0 aliphatic heterocycles. The first-order valence-electron chi connectivity index (χ1n) is 11.7. The Bertz CT molecular complexity index is 1180. The van der Waals surface area contributed by atoms with Crippen LogP contribution in [-0.2, 0) is 11.0 Å². The smallest absolute Gasteiger partial charge is 0.419 e. The summed E-state index contributed by atoms with van der Waals surface area (Å²) >= 11 is 0. The molecule has 36 heavy (non-hydrogen) atoms. The van der Waals surface area contributed by atoms with Crippen molar-refractivity contribution in [2.75, 3.05) is 6.54 Å². The highest BCUT2D eigenvalue weighted by Gasteiger charge is 2.32. The van der Waals surface area contributed by atoms with E-state index in [1.165, 1.54) is 4.68 Å². The maximum Gasteiger partial charge on any atom is 0.419 e. The van der Waals surface area contributed by atoms with Crippen molar-refractivity contribution >= 4 is 11.9 Å². The summed E-state index contributed by atoms with van der Waals surface area (Å²) < 4.78 is 46.1. The molecule has 0 saturated heterocycles. The maximum atomic E-state index is 12.9. The lowest BCUT2D eigenvalue weighted by Crippen LogP contribution is -2.26. The fourth-order valence-electron chi connectivity index (χ4n) is 4.34. The fourth-order valence-corrected chi connectivity index (χ4v) is 4.34. The minimum absolute atomic E-state index is 0.0514. The van der Waals surface area contributed by atoms with Crippen molar-refractivity contribution in [3.8, 4) is 11.4 Å². The Hall–Kier alpha value is -3.82. The molecule has 2 N–H and O–H groups in total. The first kappa shape index (κ1) is 25.3. The Morgan fingerprint density at radius 3 is 2.33 bits per heavy atom. The first-order chi connectivity index (χ1) is 17.2. The van der Waals surface area contributed by atoms with Gasteiger partial charge in [0.05, 0.1) is 23.9 Å². The lowest BCUT2D eigenvalue weighted by atomic mass is 9.93. The summed E-state index contributed by atoms with van der Waals surface area (Å²) in [5, 5.41) is 15.1. The van der Waals surface area contributed by atoms with Crippen molar-refractivity contribution in [3.63, 3.8) is 0 Å². The highest BCUT2D eigenvalue weighted by Crippen LogP contribution is 2.39. The van der Waals surface area contributed by atoms with Gasteiger partial charge in [-0.15, -0.1) is 0 Å². The number of halogens is 3. The van der Waals surface area contributed by atoms with Crippen LogP contribution in [-0.4, -0.2) is 33.3 Å². The number of alkyl halides is 3. The number of carbonyl (C=O) groups excluding carboxylic acids is 1. The first-order valence-corrected chi connectivity index (χ1v) is 11.7. The van der Waals surface area contributed by atoms with E-state index < -0.39 is 17.7 Å². The molecule has 4 rings (SSSR count). The summed E-state index contributed by atoms with van der Waals surface area (Å²) in [6.07, 6.45) is 1.11. The lowest BCUT2D eigenvalue weighted by Gasteiger charge is -2.25. The number of hydrogen-bond donors (Lipinski definition) is 2. The summed E-state index contributed by atoms with van der Waals surface area (Å²) in [4.78, 5) is 22.9. The topological polar surface area (TPSA) is 93.5 Å². The molecule has 1 fully saturated rings. The van der Waals surface area contributed by atoms with E-state index in [1.807, 2.05) is 12.1 Å². The Labute approximate surface area is 205 Å². The van der Waals surface area contributed by atoms with Crippen LogP contribution in [0.1, 0.15) is 59.7 Å². The number of rotatable bonds is 9. The van der Waals surface area contributed by atoms with Gasteiger partial charge in [-0.25, -0.2) is 4.68 Å². The Kier molecular flexibility index (Phi) is 7.61. The van der Waals surface area contributed by atoms with Gasteiger partial charge in [0.25, 0.3) is 5.91 Å². The van der Waals surface area contributed by atoms with Gasteiger partial charge in [0, 0.05) is 24.2 Å². The van der Waals surface area contributed by atoms with Crippen LogP contribution in [0.4, 0.5) is 13.2 Å². The molecule has 3 aromatic rings. The van der Waals surface area contributed by atoms with Crippen LogP contribution in [0.2, 0.25) is 0 Å². The summed E-state index contributed by atoms with van der Waals surface area (Å²) in [6.45, 7) is 0.0514. The number of amides is 1. The van der Waals surface area contributed by atoms with Crippen molar-refractivity contribution in [2.24, 2.45) is 5.92 Å². The molecule has 1 aliphatic carbocycles. The van der Waals surface area contributed by atoms with Crippen molar-refractivity contribution in [3.05, 3.63) is 77.6 Å². The molecule has 10 heteroatoms. The standard InChI is InChI=1S/C26H26F3N3O4/c27-26(28,29)20-15-31-32(16-20)21-9-11-22(12-10-21)36-24(17-3-1-2-4-17)18-5-7-19(8-6-18)25(35)30-14-13-23(33)34/h5-12,15-17,24H,1-4,13-14H2,(H,30,35)(H,33,34)/t24-/m1/s1. The molecule has 1 saturated carbocycles. The van der Waals surface area contributed by atoms with Crippen LogP contribution in [0, 0.1) is 5.92 Å². The van der Waals surface area contributed by atoms with Crippen LogP contribution in [0.25, 0.3) is 5.69 Å². The molecule has 2 aromatic carbocycles. The second-order valence-corrected chi connectivity index (χ2v) is 8.77. The second kappa shape index (κ2) is 10.8. The molecule has 0 unspecified atom stereocenters. The lowest BCUT2D eigenvalue weighted by molar-refractivity contribution is -0.138. The normalized spacial score (nSPS) is 15.0. The van der Waals surface area contributed by atoms with Crippen LogP contribution in [0.5, 0.6) is 5.75 Å². The molecule has 1 aliphatic rings. The molecule has 0 bridgehead atoms. The highest BCUT2D eigenvalue weighted by atomic mass is 19.4. The van der Waals surface area contributed by atoms with Crippen LogP contribution < -0.4 is 10.1 Å². The molecular formula is C26H26F3N3O4. The predicted octanol–water partition coefficient (Wildman–Crippen LogP) is 5.41. The number of aromatic nitrogens is 2. The Balaban J connectivity index is 1.47. The number of aliphatic carboxylic acids is 1.